The van der Waals surface area contributed by atoms with Crippen LogP contribution < -0.4 is 10.6 Å². The molecular formula is C24H29N3O5. The van der Waals surface area contributed by atoms with Crippen molar-refractivity contribution in [2.45, 2.75) is 25.4 Å². The van der Waals surface area contributed by atoms with Crippen molar-refractivity contribution in [1.29, 1.82) is 0 Å². The summed E-state index contributed by atoms with van der Waals surface area (Å²) in [7, 11) is 1.30. The summed E-state index contributed by atoms with van der Waals surface area (Å²) in [6, 6.07) is 16.0. The van der Waals surface area contributed by atoms with E-state index >= 15 is 0 Å². The molecular weight excluding hydrogens is 410 g/mol. The van der Waals surface area contributed by atoms with E-state index in [1.165, 1.54) is 7.11 Å². The van der Waals surface area contributed by atoms with Crippen molar-refractivity contribution in [3.8, 4) is 0 Å². The standard InChI is InChI=1S/C24H29N3O5/c1-32-21(28)11-14-25-23(30)19-7-9-20(10-8-19)26-24(31)27-15-12-18(13-16-27)22(29)17-5-3-2-4-6-17/h2-10,18,22,29H,11-16H2,1H3,(H,25,30)(H,26,31). The molecule has 3 amide bonds. The van der Waals surface area contributed by atoms with Gasteiger partial charge in [-0.15, -0.1) is 0 Å². The van der Waals surface area contributed by atoms with Gasteiger partial charge in [-0.3, -0.25) is 9.59 Å². The summed E-state index contributed by atoms with van der Waals surface area (Å²) in [5, 5.41) is 16.1. The maximum Gasteiger partial charge on any atom is 0.321 e. The predicted octanol–water partition coefficient (Wildman–Crippen LogP) is 2.96. The minimum absolute atomic E-state index is 0.107. The van der Waals surface area contributed by atoms with Gasteiger partial charge in [-0.1, -0.05) is 30.3 Å². The Morgan fingerprint density at radius 2 is 1.72 bits per heavy atom. The normalized spacial score (nSPS) is 15.0. The van der Waals surface area contributed by atoms with Crippen LogP contribution in [0.3, 0.4) is 0 Å². The maximum atomic E-state index is 12.6. The molecule has 0 spiro atoms. The summed E-state index contributed by atoms with van der Waals surface area (Å²) in [4.78, 5) is 37.5. The number of hydrogen-bond acceptors (Lipinski definition) is 5. The van der Waals surface area contributed by atoms with E-state index in [1.54, 1.807) is 29.2 Å². The van der Waals surface area contributed by atoms with Gasteiger partial charge in [0.25, 0.3) is 5.91 Å². The fraction of sp³-hybridized carbons (Fsp3) is 0.375. The molecule has 8 nitrogen and oxygen atoms in total. The molecule has 1 aliphatic rings. The molecule has 8 heteroatoms. The Balaban J connectivity index is 1.45. The molecule has 3 N–H and O–H groups in total. The number of carbonyl (C=O) groups is 3. The maximum absolute atomic E-state index is 12.6. The smallest absolute Gasteiger partial charge is 0.321 e. The van der Waals surface area contributed by atoms with Gasteiger partial charge in [-0.2, -0.15) is 0 Å². The number of ether oxygens (including phenoxy) is 1. The fourth-order valence-corrected chi connectivity index (χ4v) is 3.73. The number of aliphatic hydroxyl groups is 1. The van der Waals surface area contributed by atoms with Crippen LogP contribution in [-0.2, 0) is 9.53 Å². The lowest BCUT2D eigenvalue weighted by molar-refractivity contribution is -0.140. The number of hydrogen-bond donors (Lipinski definition) is 3. The van der Waals surface area contributed by atoms with Crippen LogP contribution >= 0.6 is 0 Å². The van der Waals surface area contributed by atoms with E-state index in [-0.39, 0.29) is 36.8 Å². The molecule has 1 saturated heterocycles. The van der Waals surface area contributed by atoms with Crippen LogP contribution in [0.15, 0.2) is 54.6 Å². The first-order chi connectivity index (χ1) is 15.5. The summed E-state index contributed by atoms with van der Waals surface area (Å²) < 4.78 is 4.53. The zero-order chi connectivity index (χ0) is 22.9. The highest BCUT2D eigenvalue weighted by Crippen LogP contribution is 2.30. The van der Waals surface area contributed by atoms with E-state index in [2.05, 4.69) is 15.4 Å². The first-order valence-corrected chi connectivity index (χ1v) is 10.7. The Morgan fingerprint density at radius 1 is 1.06 bits per heavy atom. The average Bonchev–Trinajstić information content (AvgIpc) is 2.84. The van der Waals surface area contributed by atoms with Gasteiger partial charge in [-0.25, -0.2) is 4.79 Å². The third-order valence-electron chi connectivity index (χ3n) is 5.66. The van der Waals surface area contributed by atoms with Crippen molar-refractivity contribution in [3.05, 3.63) is 65.7 Å². The molecule has 1 atom stereocenters. The summed E-state index contributed by atoms with van der Waals surface area (Å²) in [5.41, 5.74) is 1.93. The average molecular weight is 440 g/mol. The van der Waals surface area contributed by atoms with E-state index in [0.29, 0.717) is 24.3 Å². The molecule has 3 rings (SSSR count). The van der Waals surface area contributed by atoms with Crippen LogP contribution in [0, 0.1) is 5.92 Å². The number of carbonyl (C=O) groups excluding carboxylic acids is 3. The second-order valence-corrected chi connectivity index (χ2v) is 7.77. The fourth-order valence-electron chi connectivity index (χ4n) is 3.73. The van der Waals surface area contributed by atoms with Crippen molar-refractivity contribution < 1.29 is 24.2 Å². The van der Waals surface area contributed by atoms with E-state index in [4.69, 9.17) is 0 Å². The first-order valence-electron chi connectivity index (χ1n) is 10.7. The third-order valence-corrected chi connectivity index (χ3v) is 5.66. The molecule has 2 aromatic rings. The lowest BCUT2D eigenvalue weighted by Crippen LogP contribution is -2.42. The summed E-state index contributed by atoms with van der Waals surface area (Å²) in [5.74, 6) is -0.564. The molecule has 0 aliphatic carbocycles. The topological polar surface area (TPSA) is 108 Å². The molecule has 1 unspecified atom stereocenters. The Labute approximate surface area is 187 Å². The SMILES string of the molecule is COC(=O)CCNC(=O)c1ccc(NC(=O)N2CCC(C(O)c3ccccc3)CC2)cc1. The molecule has 0 saturated carbocycles. The number of urea groups is 1. The second kappa shape index (κ2) is 11.3. The lowest BCUT2D eigenvalue weighted by Gasteiger charge is -2.34. The number of benzene rings is 2. The monoisotopic (exact) mass is 439 g/mol. The molecule has 0 radical (unpaired) electrons. The number of methoxy groups -OCH3 is 1. The zero-order valence-electron chi connectivity index (χ0n) is 18.1. The number of esters is 1. The molecule has 0 aromatic heterocycles. The number of amides is 3. The van der Waals surface area contributed by atoms with Crippen molar-refractivity contribution in [1.82, 2.24) is 10.2 Å². The van der Waals surface area contributed by atoms with Gasteiger partial charge in [0.05, 0.1) is 19.6 Å². The molecule has 0 bridgehead atoms. The number of nitrogens with zero attached hydrogens (tertiary/aromatic N) is 1. The van der Waals surface area contributed by atoms with Gasteiger partial charge in [0, 0.05) is 30.9 Å². The Morgan fingerprint density at radius 3 is 2.34 bits per heavy atom. The van der Waals surface area contributed by atoms with Crippen molar-refractivity contribution in [3.63, 3.8) is 0 Å². The quantitative estimate of drug-likeness (QED) is 0.575. The number of rotatable bonds is 7. The summed E-state index contributed by atoms with van der Waals surface area (Å²) >= 11 is 0. The van der Waals surface area contributed by atoms with E-state index in [0.717, 1.165) is 18.4 Å². The highest BCUT2D eigenvalue weighted by atomic mass is 16.5. The Hall–Kier alpha value is -3.39. The van der Waals surface area contributed by atoms with Crippen molar-refractivity contribution in [2.75, 3.05) is 32.1 Å². The van der Waals surface area contributed by atoms with Gasteiger partial charge in [-0.05, 0) is 48.6 Å². The van der Waals surface area contributed by atoms with E-state index in [9.17, 15) is 19.5 Å². The van der Waals surface area contributed by atoms with Crippen molar-refractivity contribution in [2.24, 2.45) is 5.92 Å². The predicted molar refractivity (Wildman–Crippen MR) is 120 cm³/mol. The van der Waals surface area contributed by atoms with Gasteiger partial charge in [0.1, 0.15) is 0 Å². The van der Waals surface area contributed by atoms with Gasteiger partial charge in [0.2, 0.25) is 0 Å². The van der Waals surface area contributed by atoms with Crippen LogP contribution in [0.5, 0.6) is 0 Å². The second-order valence-electron chi connectivity index (χ2n) is 7.77. The number of likely N-dealkylation sites (tertiary alicyclic amines) is 1. The Bertz CT molecular complexity index is 909. The third kappa shape index (κ3) is 6.31. The minimum Gasteiger partial charge on any atom is -0.469 e. The van der Waals surface area contributed by atoms with Crippen LogP contribution in [-0.4, -0.2) is 54.7 Å². The van der Waals surface area contributed by atoms with Crippen LogP contribution in [0.2, 0.25) is 0 Å². The van der Waals surface area contributed by atoms with Gasteiger partial charge >= 0.3 is 12.0 Å². The molecule has 1 heterocycles. The number of anilines is 1. The van der Waals surface area contributed by atoms with Crippen LogP contribution in [0.1, 0.15) is 41.3 Å². The summed E-state index contributed by atoms with van der Waals surface area (Å²) in [6.07, 6.45) is 1.05. The minimum atomic E-state index is -0.521. The van der Waals surface area contributed by atoms with Gasteiger partial charge in [0.15, 0.2) is 0 Å². The number of nitrogens with one attached hydrogen (secondary N) is 2. The Kier molecular flexibility index (Phi) is 8.21. The highest BCUT2D eigenvalue weighted by Gasteiger charge is 2.28. The van der Waals surface area contributed by atoms with E-state index in [1.807, 2.05) is 30.3 Å². The van der Waals surface area contributed by atoms with E-state index < -0.39 is 6.10 Å². The molecule has 32 heavy (non-hydrogen) atoms. The molecule has 1 fully saturated rings. The summed E-state index contributed by atoms with van der Waals surface area (Å²) in [6.45, 7) is 1.33. The number of piperidine rings is 1. The molecule has 2 aromatic carbocycles. The largest absolute Gasteiger partial charge is 0.469 e. The first kappa shape index (κ1) is 23.3. The van der Waals surface area contributed by atoms with Crippen LogP contribution in [0.25, 0.3) is 0 Å². The molecule has 170 valence electrons. The molecule has 1 aliphatic heterocycles. The zero-order valence-corrected chi connectivity index (χ0v) is 18.1. The van der Waals surface area contributed by atoms with Crippen LogP contribution in [0.4, 0.5) is 10.5 Å². The lowest BCUT2D eigenvalue weighted by atomic mass is 9.87. The highest BCUT2D eigenvalue weighted by molar-refractivity contribution is 5.95. The van der Waals surface area contributed by atoms with Gasteiger partial charge < -0.3 is 25.4 Å². The van der Waals surface area contributed by atoms with Crippen molar-refractivity contribution >= 4 is 23.6 Å². The number of aliphatic hydroxyl groups excluding tert-OH is 1.